The van der Waals surface area contributed by atoms with Gasteiger partial charge in [0.1, 0.15) is 0 Å². The minimum absolute atomic E-state index is 0.0870. The van der Waals surface area contributed by atoms with Crippen LogP contribution in [-0.4, -0.2) is 52.9 Å². The molecule has 1 saturated heterocycles. The van der Waals surface area contributed by atoms with Crippen LogP contribution < -0.4 is 5.32 Å². The Morgan fingerprint density at radius 2 is 1.86 bits per heavy atom. The second kappa shape index (κ2) is 6.77. The van der Waals surface area contributed by atoms with E-state index in [0.29, 0.717) is 0 Å². The number of para-hydroxylation sites is 1. The SMILES string of the molecule is CN1C(=O)/C(=C/c2ccc(-n3c4ccccc4c4cccnc43)[se]2)C(=O)NC1=S. The first-order valence-electron chi connectivity index (χ1n) is 8.84. The fourth-order valence-corrected chi connectivity index (χ4v) is 5.65. The van der Waals surface area contributed by atoms with Crippen LogP contribution in [0.25, 0.3) is 32.6 Å². The standard InChI is InChI=1S/C21H14N4O2SSe/c1-24-20(27)15(19(26)23-21(24)28)11-12-8-9-17(29-12)25-16-7-3-2-5-13(16)14-6-4-10-22-18(14)25/h2-11H,1H3,(H,23,26,28)/b15-11+. The third-order valence-electron chi connectivity index (χ3n) is 4.86. The van der Waals surface area contributed by atoms with Crippen molar-refractivity contribution < 1.29 is 9.59 Å². The zero-order valence-corrected chi connectivity index (χ0v) is 17.8. The minimum atomic E-state index is -0.457. The summed E-state index contributed by atoms with van der Waals surface area (Å²) >= 11 is 4.91. The zero-order valence-electron chi connectivity index (χ0n) is 15.2. The number of nitrogens with one attached hydrogen (secondary N) is 1. The van der Waals surface area contributed by atoms with E-state index in [1.54, 1.807) is 19.3 Å². The molecule has 6 nitrogen and oxygen atoms in total. The second-order valence-electron chi connectivity index (χ2n) is 6.58. The number of carbonyl (C=O) groups is 2. The van der Waals surface area contributed by atoms with Crippen LogP contribution in [0.15, 0.2) is 60.3 Å². The average molecular weight is 465 g/mol. The molecule has 142 valence electrons. The molecule has 0 unspecified atom stereocenters. The summed E-state index contributed by atoms with van der Waals surface area (Å²) in [6.45, 7) is 0. The molecule has 0 bridgehead atoms. The quantitative estimate of drug-likeness (QED) is 0.214. The van der Waals surface area contributed by atoms with Crippen molar-refractivity contribution in [3.8, 4) is 4.56 Å². The second-order valence-corrected chi connectivity index (χ2v) is 9.27. The Balaban J connectivity index is 1.64. The Morgan fingerprint density at radius 3 is 2.72 bits per heavy atom. The molecule has 5 rings (SSSR count). The van der Waals surface area contributed by atoms with Gasteiger partial charge in [-0.25, -0.2) is 0 Å². The molecule has 4 heterocycles. The van der Waals surface area contributed by atoms with Gasteiger partial charge in [-0.3, -0.25) is 0 Å². The fraction of sp³-hybridized carbons (Fsp3) is 0.0476. The van der Waals surface area contributed by atoms with Crippen LogP contribution in [-0.2, 0) is 9.59 Å². The number of aromatic nitrogens is 2. The Labute approximate surface area is 177 Å². The monoisotopic (exact) mass is 466 g/mol. The number of hydrogen-bond donors (Lipinski definition) is 1. The van der Waals surface area contributed by atoms with E-state index in [9.17, 15) is 9.59 Å². The molecule has 8 heteroatoms. The molecule has 1 fully saturated rings. The molecule has 1 aromatic carbocycles. The van der Waals surface area contributed by atoms with Crippen molar-refractivity contribution in [3.05, 3.63) is 64.7 Å². The van der Waals surface area contributed by atoms with Gasteiger partial charge in [-0.15, -0.1) is 0 Å². The zero-order chi connectivity index (χ0) is 20.1. The van der Waals surface area contributed by atoms with E-state index in [4.69, 9.17) is 12.2 Å². The predicted molar refractivity (Wildman–Crippen MR) is 117 cm³/mol. The normalized spacial score (nSPS) is 16.2. The van der Waals surface area contributed by atoms with E-state index in [-0.39, 0.29) is 31.1 Å². The first kappa shape index (κ1) is 18.0. The van der Waals surface area contributed by atoms with Crippen molar-refractivity contribution in [1.29, 1.82) is 0 Å². The molecular formula is C21H14N4O2SSe. The summed E-state index contributed by atoms with van der Waals surface area (Å²) in [5, 5.41) is 4.92. The summed E-state index contributed by atoms with van der Waals surface area (Å²) in [6.07, 6.45) is 3.46. The molecule has 0 radical (unpaired) electrons. The summed E-state index contributed by atoms with van der Waals surface area (Å²) in [5.41, 5.74) is 2.10. The molecule has 0 atom stereocenters. The number of amides is 2. The summed E-state index contributed by atoms with van der Waals surface area (Å²) < 4.78 is 4.20. The third kappa shape index (κ3) is 2.84. The molecule has 0 saturated carbocycles. The van der Waals surface area contributed by atoms with Crippen LogP contribution in [0, 0.1) is 0 Å². The topological polar surface area (TPSA) is 67.2 Å². The molecule has 4 aromatic rings. The van der Waals surface area contributed by atoms with Gasteiger partial charge < -0.3 is 0 Å². The number of likely N-dealkylation sites (N-methyl/N-ethyl adjacent to an activating group) is 1. The van der Waals surface area contributed by atoms with Crippen molar-refractivity contribution in [2.75, 3.05) is 7.05 Å². The number of carbonyl (C=O) groups excluding carboxylic acids is 2. The van der Waals surface area contributed by atoms with E-state index < -0.39 is 5.91 Å². The van der Waals surface area contributed by atoms with Crippen molar-refractivity contribution >= 4 is 71.7 Å². The number of thiocarbonyl (C=S) groups is 1. The summed E-state index contributed by atoms with van der Waals surface area (Å²) in [4.78, 5) is 30.6. The number of fused-ring (bicyclic) bond motifs is 3. The van der Waals surface area contributed by atoms with Gasteiger partial charge in [0.15, 0.2) is 0 Å². The van der Waals surface area contributed by atoms with E-state index in [0.717, 1.165) is 30.9 Å². The first-order chi connectivity index (χ1) is 14.0. The van der Waals surface area contributed by atoms with E-state index >= 15 is 0 Å². The fourth-order valence-electron chi connectivity index (χ4n) is 3.45. The van der Waals surface area contributed by atoms with Gasteiger partial charge in [-0.05, 0) is 0 Å². The van der Waals surface area contributed by atoms with Crippen LogP contribution in [0.3, 0.4) is 0 Å². The molecule has 1 aliphatic heterocycles. The molecule has 0 aliphatic carbocycles. The van der Waals surface area contributed by atoms with Crippen LogP contribution in [0.5, 0.6) is 0 Å². The molecule has 0 spiro atoms. The average Bonchev–Trinajstić information content (AvgIpc) is 3.31. The molecule has 29 heavy (non-hydrogen) atoms. The van der Waals surface area contributed by atoms with Crippen molar-refractivity contribution in [1.82, 2.24) is 19.8 Å². The predicted octanol–water partition coefficient (Wildman–Crippen LogP) is 2.49. The molecule has 1 N–H and O–H groups in total. The maximum absolute atomic E-state index is 12.5. The molecule has 3 aromatic heterocycles. The van der Waals surface area contributed by atoms with Gasteiger partial charge in [0.25, 0.3) is 0 Å². The van der Waals surface area contributed by atoms with Gasteiger partial charge in [-0.2, -0.15) is 0 Å². The van der Waals surface area contributed by atoms with Gasteiger partial charge in [0.05, 0.1) is 0 Å². The van der Waals surface area contributed by atoms with Gasteiger partial charge >= 0.3 is 177 Å². The summed E-state index contributed by atoms with van der Waals surface area (Å²) in [5.74, 6) is -0.843. The van der Waals surface area contributed by atoms with Gasteiger partial charge in [0.2, 0.25) is 0 Å². The number of hydrogen-bond acceptors (Lipinski definition) is 4. The summed E-state index contributed by atoms with van der Waals surface area (Å²) in [7, 11) is 1.56. The number of nitrogens with zero attached hydrogens (tertiary/aromatic N) is 3. The third-order valence-corrected chi connectivity index (χ3v) is 7.37. The molecule has 1 aliphatic rings. The van der Waals surface area contributed by atoms with E-state index in [1.165, 1.54) is 4.90 Å². The van der Waals surface area contributed by atoms with Crippen LogP contribution in [0.1, 0.15) is 4.44 Å². The van der Waals surface area contributed by atoms with Gasteiger partial charge in [0, 0.05) is 0 Å². The van der Waals surface area contributed by atoms with Crippen LogP contribution >= 0.6 is 12.2 Å². The van der Waals surface area contributed by atoms with Crippen LogP contribution in [0.2, 0.25) is 0 Å². The molecular weight excluding hydrogens is 451 g/mol. The van der Waals surface area contributed by atoms with Crippen molar-refractivity contribution in [2.45, 2.75) is 0 Å². The Hall–Kier alpha value is -3.06. The number of benzene rings is 1. The first-order valence-corrected chi connectivity index (χ1v) is 11.0. The van der Waals surface area contributed by atoms with Crippen molar-refractivity contribution in [3.63, 3.8) is 0 Å². The summed E-state index contributed by atoms with van der Waals surface area (Å²) in [6, 6.07) is 16.2. The van der Waals surface area contributed by atoms with Gasteiger partial charge in [-0.1, -0.05) is 0 Å². The van der Waals surface area contributed by atoms with E-state index in [2.05, 4.69) is 33.1 Å². The van der Waals surface area contributed by atoms with Crippen LogP contribution in [0.4, 0.5) is 0 Å². The Bertz CT molecular complexity index is 1310. The number of pyridine rings is 1. The number of rotatable bonds is 2. The Kier molecular flexibility index (Phi) is 4.20. The maximum atomic E-state index is 12.5. The van der Waals surface area contributed by atoms with E-state index in [1.807, 2.05) is 30.3 Å². The Morgan fingerprint density at radius 1 is 1.07 bits per heavy atom. The van der Waals surface area contributed by atoms with Crippen molar-refractivity contribution in [2.24, 2.45) is 0 Å². The molecule has 2 amide bonds.